The summed E-state index contributed by atoms with van der Waals surface area (Å²) in [6, 6.07) is 7.69. The van der Waals surface area contributed by atoms with E-state index in [4.69, 9.17) is 0 Å². The largest absolute Gasteiger partial charge is 0.317 e. The minimum Gasteiger partial charge on any atom is -0.317 e. The highest BCUT2D eigenvalue weighted by molar-refractivity contribution is 5.56. The molecule has 1 N–H and O–H groups in total. The van der Waals surface area contributed by atoms with E-state index in [2.05, 4.69) is 5.32 Å². The Labute approximate surface area is 93.5 Å². The van der Waals surface area contributed by atoms with Gasteiger partial charge < -0.3 is 5.32 Å². The Hall–Kier alpha value is -2.08. The fourth-order valence-electron chi connectivity index (χ4n) is 3.11. The molecular formula is C11H9N5. The summed E-state index contributed by atoms with van der Waals surface area (Å²) in [6.07, 6.45) is 1.07. The highest BCUT2D eigenvalue weighted by Crippen LogP contribution is 2.80. The van der Waals surface area contributed by atoms with Crippen molar-refractivity contribution >= 4 is 0 Å². The normalized spacial score (nSPS) is 26.8. The number of nitrogens with zero attached hydrogens (tertiary/aromatic N) is 4. The molecule has 5 heteroatoms. The average Bonchev–Trinajstić information content (AvgIpc) is 2.85. The van der Waals surface area contributed by atoms with Crippen LogP contribution in [0.3, 0.4) is 0 Å². The molecule has 5 nitrogen and oxygen atoms in total. The van der Waals surface area contributed by atoms with Gasteiger partial charge in [0.1, 0.15) is 0 Å². The minimum atomic E-state index is -1.44. The number of rotatable bonds is 0. The highest BCUT2D eigenvalue weighted by atomic mass is 15.0. The zero-order valence-corrected chi connectivity index (χ0v) is 8.62. The van der Waals surface area contributed by atoms with Gasteiger partial charge in [-0.05, 0) is 25.9 Å². The first-order valence-electron chi connectivity index (χ1n) is 5.06. The van der Waals surface area contributed by atoms with Gasteiger partial charge in [-0.15, -0.1) is 0 Å². The van der Waals surface area contributed by atoms with Crippen LogP contribution in [0.15, 0.2) is 0 Å². The molecule has 78 valence electrons. The number of hydrogen-bond acceptors (Lipinski definition) is 5. The third-order valence-corrected chi connectivity index (χ3v) is 4.06. The summed E-state index contributed by atoms with van der Waals surface area (Å²) in [7, 11) is 0. The summed E-state index contributed by atoms with van der Waals surface area (Å²) in [5, 5.41) is 39.8. The molecule has 1 saturated carbocycles. The molecule has 2 fully saturated rings. The Kier molecular flexibility index (Phi) is 1.93. The van der Waals surface area contributed by atoms with Crippen LogP contribution in [0, 0.1) is 61.6 Å². The van der Waals surface area contributed by atoms with E-state index >= 15 is 0 Å². The molecule has 1 heterocycles. The Morgan fingerprint density at radius 1 is 0.750 bits per heavy atom. The van der Waals surface area contributed by atoms with E-state index in [1.165, 1.54) is 0 Å². The van der Waals surface area contributed by atoms with Crippen molar-refractivity contribution in [3.63, 3.8) is 0 Å². The topological polar surface area (TPSA) is 107 Å². The van der Waals surface area contributed by atoms with Gasteiger partial charge >= 0.3 is 0 Å². The number of piperidine rings is 1. The summed E-state index contributed by atoms with van der Waals surface area (Å²) >= 11 is 0. The van der Waals surface area contributed by atoms with Crippen molar-refractivity contribution in [1.82, 2.24) is 5.32 Å². The van der Waals surface area contributed by atoms with Gasteiger partial charge in [0.05, 0.1) is 24.3 Å². The first kappa shape index (κ1) is 10.4. The summed E-state index contributed by atoms with van der Waals surface area (Å²) in [4.78, 5) is 0. The minimum absolute atomic E-state index is 0.537. The maximum Gasteiger partial charge on any atom is 0.184 e. The monoisotopic (exact) mass is 211 g/mol. The summed E-state index contributed by atoms with van der Waals surface area (Å²) in [5.41, 5.74) is -3.63. The van der Waals surface area contributed by atoms with Crippen LogP contribution >= 0.6 is 0 Å². The van der Waals surface area contributed by atoms with Gasteiger partial charge in [0.15, 0.2) is 10.8 Å². The lowest BCUT2D eigenvalue weighted by Crippen LogP contribution is -2.32. The third-order valence-electron chi connectivity index (χ3n) is 4.06. The number of hydrogen-bond donors (Lipinski definition) is 1. The molecule has 0 amide bonds. The predicted octanol–water partition coefficient (Wildman–Crippen LogP) is 0.437. The van der Waals surface area contributed by atoms with Crippen molar-refractivity contribution in [2.45, 2.75) is 12.8 Å². The highest BCUT2D eigenvalue weighted by Gasteiger charge is 2.90. The molecule has 1 aliphatic heterocycles. The van der Waals surface area contributed by atoms with Crippen molar-refractivity contribution in [2.24, 2.45) is 16.2 Å². The van der Waals surface area contributed by atoms with E-state index < -0.39 is 16.2 Å². The van der Waals surface area contributed by atoms with Gasteiger partial charge in [-0.3, -0.25) is 0 Å². The molecule has 1 spiro atoms. The maximum atomic E-state index is 9.18. The maximum absolute atomic E-state index is 9.18. The Balaban J connectivity index is 2.58. The van der Waals surface area contributed by atoms with E-state index in [0.717, 1.165) is 0 Å². The second-order valence-electron chi connectivity index (χ2n) is 4.28. The predicted molar refractivity (Wildman–Crippen MR) is 51.9 cm³/mol. The van der Waals surface area contributed by atoms with Crippen LogP contribution in [-0.4, -0.2) is 13.1 Å². The Morgan fingerprint density at radius 2 is 1.12 bits per heavy atom. The fraction of sp³-hybridized carbons (Fsp3) is 0.636. The number of nitrogens with one attached hydrogen (secondary N) is 1. The number of nitriles is 4. The zero-order chi connectivity index (χ0) is 11.9. The summed E-state index contributed by atoms with van der Waals surface area (Å²) < 4.78 is 0. The van der Waals surface area contributed by atoms with E-state index in [-0.39, 0.29) is 0 Å². The second-order valence-corrected chi connectivity index (χ2v) is 4.28. The van der Waals surface area contributed by atoms with Crippen LogP contribution in [-0.2, 0) is 0 Å². The molecule has 0 unspecified atom stereocenters. The van der Waals surface area contributed by atoms with Crippen molar-refractivity contribution in [2.75, 3.05) is 13.1 Å². The van der Waals surface area contributed by atoms with Crippen LogP contribution < -0.4 is 5.32 Å². The van der Waals surface area contributed by atoms with Crippen LogP contribution in [0.4, 0.5) is 0 Å². The second kappa shape index (κ2) is 2.96. The molecule has 0 aromatic rings. The molecule has 2 rings (SSSR count). The Bertz CT molecular complexity index is 418. The summed E-state index contributed by atoms with van der Waals surface area (Å²) in [5.74, 6) is 0. The lowest BCUT2D eigenvalue weighted by Gasteiger charge is -2.23. The molecule has 0 atom stereocenters. The van der Waals surface area contributed by atoms with Crippen LogP contribution in [0.2, 0.25) is 0 Å². The molecule has 2 aliphatic rings. The van der Waals surface area contributed by atoms with Gasteiger partial charge in [-0.2, -0.15) is 21.0 Å². The summed E-state index contributed by atoms with van der Waals surface area (Å²) in [6.45, 7) is 1.30. The molecule has 0 radical (unpaired) electrons. The first-order valence-corrected chi connectivity index (χ1v) is 5.06. The van der Waals surface area contributed by atoms with Gasteiger partial charge in [-0.1, -0.05) is 0 Å². The molecule has 1 saturated heterocycles. The van der Waals surface area contributed by atoms with Crippen molar-refractivity contribution in [3.8, 4) is 24.3 Å². The van der Waals surface area contributed by atoms with Gasteiger partial charge in [0.25, 0.3) is 0 Å². The quantitative estimate of drug-likeness (QED) is 0.625. The van der Waals surface area contributed by atoms with Crippen molar-refractivity contribution in [1.29, 1.82) is 21.0 Å². The SMILES string of the molecule is N#CC1(C#N)C(C#N)(C#N)C12CCNCC2. The van der Waals surface area contributed by atoms with Crippen LogP contribution in [0.25, 0.3) is 0 Å². The van der Waals surface area contributed by atoms with E-state index in [1.54, 1.807) is 0 Å². The van der Waals surface area contributed by atoms with Crippen LogP contribution in [0.5, 0.6) is 0 Å². The van der Waals surface area contributed by atoms with E-state index in [0.29, 0.717) is 25.9 Å². The third kappa shape index (κ3) is 0.704. The van der Waals surface area contributed by atoms with E-state index in [1.807, 2.05) is 24.3 Å². The zero-order valence-electron chi connectivity index (χ0n) is 8.62. The van der Waals surface area contributed by atoms with Crippen molar-refractivity contribution < 1.29 is 0 Å². The molecular weight excluding hydrogens is 202 g/mol. The Morgan fingerprint density at radius 3 is 1.44 bits per heavy atom. The fourth-order valence-corrected chi connectivity index (χ4v) is 3.11. The van der Waals surface area contributed by atoms with Gasteiger partial charge in [0.2, 0.25) is 0 Å². The lowest BCUT2D eigenvalue weighted by molar-refractivity contribution is 0.299. The van der Waals surface area contributed by atoms with Crippen molar-refractivity contribution in [3.05, 3.63) is 0 Å². The molecule has 0 aromatic heterocycles. The first-order chi connectivity index (χ1) is 7.70. The van der Waals surface area contributed by atoms with Gasteiger partial charge in [0, 0.05) is 5.41 Å². The molecule has 16 heavy (non-hydrogen) atoms. The standard InChI is InChI=1S/C11H9N5/c12-5-10(6-13)9(1-3-16-4-2-9)11(10,7-14)8-15/h16H,1-4H2. The van der Waals surface area contributed by atoms with Gasteiger partial charge in [-0.25, -0.2) is 0 Å². The molecule has 1 aliphatic carbocycles. The molecule has 0 aromatic carbocycles. The lowest BCUT2D eigenvalue weighted by atomic mass is 9.84. The van der Waals surface area contributed by atoms with E-state index in [9.17, 15) is 21.0 Å². The molecule has 0 bridgehead atoms. The van der Waals surface area contributed by atoms with Crippen LogP contribution in [0.1, 0.15) is 12.8 Å². The average molecular weight is 211 g/mol. The smallest absolute Gasteiger partial charge is 0.184 e.